The lowest BCUT2D eigenvalue weighted by Crippen LogP contribution is -2.04. The second kappa shape index (κ2) is 6.14. The van der Waals surface area contributed by atoms with Crippen LogP contribution in [0.5, 0.6) is 0 Å². The van der Waals surface area contributed by atoms with Gasteiger partial charge in [0.15, 0.2) is 0 Å². The minimum Gasteiger partial charge on any atom is -0.411 e. The SMILES string of the molecule is O/N=C/c1ccccc1C#Cc1ccc(C(F)(F)F)cc1. The largest absolute Gasteiger partial charge is 0.416 e. The first-order valence-electron chi connectivity index (χ1n) is 5.96. The smallest absolute Gasteiger partial charge is 0.411 e. The zero-order valence-corrected chi connectivity index (χ0v) is 10.7. The molecule has 2 aromatic rings. The molecule has 0 amide bonds. The molecule has 0 spiro atoms. The van der Waals surface area contributed by atoms with Crippen molar-refractivity contribution in [2.24, 2.45) is 5.16 Å². The number of hydrogen-bond donors (Lipinski definition) is 1. The van der Waals surface area contributed by atoms with Crippen molar-refractivity contribution in [1.29, 1.82) is 0 Å². The summed E-state index contributed by atoms with van der Waals surface area (Å²) in [5, 5.41) is 11.5. The molecule has 21 heavy (non-hydrogen) atoms. The Morgan fingerprint density at radius 3 is 2.24 bits per heavy atom. The Balaban J connectivity index is 2.28. The summed E-state index contributed by atoms with van der Waals surface area (Å²) in [5.74, 6) is 5.62. The standard InChI is InChI=1S/C16H10F3NO/c17-16(18,19)15-9-6-12(7-10-15)5-8-13-3-1-2-4-14(13)11-20-21/h1-4,6-7,9-11,21H/b20-11+. The van der Waals surface area contributed by atoms with Crippen LogP contribution in [0.25, 0.3) is 0 Å². The van der Waals surface area contributed by atoms with Crippen LogP contribution in [0.1, 0.15) is 22.3 Å². The Bertz CT molecular complexity index is 707. The zero-order chi connectivity index (χ0) is 15.3. The number of rotatable bonds is 1. The van der Waals surface area contributed by atoms with Crippen LogP contribution in [0.2, 0.25) is 0 Å². The van der Waals surface area contributed by atoms with Gasteiger partial charge < -0.3 is 5.21 Å². The van der Waals surface area contributed by atoms with Crippen LogP contribution in [-0.2, 0) is 6.18 Å². The summed E-state index contributed by atoms with van der Waals surface area (Å²) < 4.78 is 37.3. The molecular formula is C16H10F3NO. The fourth-order valence-corrected chi connectivity index (χ4v) is 1.67. The van der Waals surface area contributed by atoms with E-state index in [0.717, 1.165) is 12.1 Å². The molecule has 1 N–H and O–H groups in total. The average molecular weight is 289 g/mol. The van der Waals surface area contributed by atoms with Crippen molar-refractivity contribution < 1.29 is 18.4 Å². The van der Waals surface area contributed by atoms with Gasteiger partial charge in [-0.1, -0.05) is 35.2 Å². The molecule has 0 atom stereocenters. The summed E-state index contributed by atoms with van der Waals surface area (Å²) in [6, 6.07) is 11.6. The highest BCUT2D eigenvalue weighted by Gasteiger charge is 2.29. The van der Waals surface area contributed by atoms with E-state index in [-0.39, 0.29) is 0 Å². The quantitative estimate of drug-likeness (QED) is 0.367. The summed E-state index contributed by atoms with van der Waals surface area (Å²) in [6.45, 7) is 0. The predicted molar refractivity (Wildman–Crippen MR) is 73.2 cm³/mol. The molecule has 0 saturated carbocycles. The molecule has 2 nitrogen and oxygen atoms in total. The van der Waals surface area contributed by atoms with Crippen molar-refractivity contribution in [3.8, 4) is 11.8 Å². The molecule has 0 heterocycles. The first-order valence-corrected chi connectivity index (χ1v) is 5.96. The molecule has 0 bridgehead atoms. The van der Waals surface area contributed by atoms with E-state index in [1.54, 1.807) is 24.3 Å². The summed E-state index contributed by atoms with van der Waals surface area (Å²) in [7, 11) is 0. The molecule has 2 rings (SSSR count). The van der Waals surface area contributed by atoms with Crippen LogP contribution in [0.4, 0.5) is 13.2 Å². The van der Waals surface area contributed by atoms with Gasteiger partial charge in [0.2, 0.25) is 0 Å². The Labute approximate surface area is 119 Å². The van der Waals surface area contributed by atoms with Crippen molar-refractivity contribution in [3.63, 3.8) is 0 Å². The third-order valence-electron chi connectivity index (χ3n) is 2.71. The summed E-state index contributed by atoms with van der Waals surface area (Å²) >= 11 is 0. The lowest BCUT2D eigenvalue weighted by molar-refractivity contribution is -0.137. The maximum Gasteiger partial charge on any atom is 0.416 e. The molecule has 0 unspecified atom stereocenters. The number of benzene rings is 2. The topological polar surface area (TPSA) is 32.6 Å². The van der Waals surface area contributed by atoms with E-state index < -0.39 is 11.7 Å². The lowest BCUT2D eigenvalue weighted by atomic mass is 10.1. The third-order valence-corrected chi connectivity index (χ3v) is 2.71. The number of hydrogen-bond acceptors (Lipinski definition) is 2. The van der Waals surface area contributed by atoms with E-state index in [2.05, 4.69) is 17.0 Å². The van der Waals surface area contributed by atoms with Gasteiger partial charge in [0, 0.05) is 16.7 Å². The van der Waals surface area contributed by atoms with E-state index >= 15 is 0 Å². The van der Waals surface area contributed by atoms with Gasteiger partial charge in [-0.3, -0.25) is 0 Å². The molecule has 0 aliphatic carbocycles. The zero-order valence-electron chi connectivity index (χ0n) is 10.7. The van der Waals surface area contributed by atoms with Crippen LogP contribution >= 0.6 is 0 Å². The van der Waals surface area contributed by atoms with E-state index in [4.69, 9.17) is 5.21 Å². The Kier molecular flexibility index (Phi) is 4.29. The highest BCUT2D eigenvalue weighted by Crippen LogP contribution is 2.28. The monoisotopic (exact) mass is 289 g/mol. The first kappa shape index (κ1) is 14.7. The van der Waals surface area contributed by atoms with Crippen LogP contribution in [0.3, 0.4) is 0 Å². The summed E-state index contributed by atoms with van der Waals surface area (Å²) in [6.07, 6.45) is -3.10. The summed E-state index contributed by atoms with van der Waals surface area (Å²) in [4.78, 5) is 0. The average Bonchev–Trinajstić information content (AvgIpc) is 2.46. The molecule has 5 heteroatoms. The summed E-state index contributed by atoms with van der Waals surface area (Å²) in [5.41, 5.74) is 1.01. The Morgan fingerprint density at radius 2 is 1.62 bits per heavy atom. The molecule has 106 valence electrons. The van der Waals surface area contributed by atoms with E-state index in [1.165, 1.54) is 18.3 Å². The molecule has 2 aromatic carbocycles. The maximum absolute atomic E-state index is 12.4. The molecule has 0 aliphatic heterocycles. The van der Waals surface area contributed by atoms with E-state index in [1.807, 2.05) is 0 Å². The van der Waals surface area contributed by atoms with Crippen molar-refractivity contribution in [1.82, 2.24) is 0 Å². The highest BCUT2D eigenvalue weighted by atomic mass is 19.4. The first-order chi connectivity index (χ1) is 10.0. The van der Waals surface area contributed by atoms with Crippen LogP contribution in [0.15, 0.2) is 53.7 Å². The fraction of sp³-hybridized carbons (Fsp3) is 0.0625. The van der Waals surface area contributed by atoms with Crippen LogP contribution < -0.4 is 0 Å². The van der Waals surface area contributed by atoms with Crippen molar-refractivity contribution >= 4 is 6.21 Å². The minimum absolute atomic E-state index is 0.471. The minimum atomic E-state index is -4.35. The molecule has 0 radical (unpaired) electrons. The molecule has 0 fully saturated rings. The fourth-order valence-electron chi connectivity index (χ4n) is 1.67. The second-order valence-electron chi connectivity index (χ2n) is 4.16. The second-order valence-corrected chi connectivity index (χ2v) is 4.16. The predicted octanol–water partition coefficient (Wildman–Crippen LogP) is 3.91. The van der Waals surface area contributed by atoms with Crippen molar-refractivity contribution in [3.05, 3.63) is 70.8 Å². The van der Waals surface area contributed by atoms with Crippen molar-refractivity contribution in [2.45, 2.75) is 6.18 Å². The highest BCUT2D eigenvalue weighted by molar-refractivity contribution is 5.83. The van der Waals surface area contributed by atoms with Crippen LogP contribution in [-0.4, -0.2) is 11.4 Å². The van der Waals surface area contributed by atoms with Gasteiger partial charge >= 0.3 is 6.18 Å². The number of alkyl halides is 3. The Morgan fingerprint density at radius 1 is 0.952 bits per heavy atom. The van der Waals surface area contributed by atoms with Gasteiger partial charge in [-0.15, -0.1) is 0 Å². The number of halogens is 3. The van der Waals surface area contributed by atoms with Gasteiger partial charge in [-0.2, -0.15) is 13.2 Å². The van der Waals surface area contributed by atoms with Gasteiger partial charge in [-0.05, 0) is 30.3 Å². The maximum atomic E-state index is 12.4. The van der Waals surface area contributed by atoms with Gasteiger partial charge in [0.1, 0.15) is 0 Å². The van der Waals surface area contributed by atoms with Crippen molar-refractivity contribution in [2.75, 3.05) is 0 Å². The molecule has 0 aliphatic rings. The Hall–Kier alpha value is -2.74. The number of nitrogens with zero attached hydrogens (tertiary/aromatic N) is 1. The molecule has 0 aromatic heterocycles. The van der Waals surface area contributed by atoms with Crippen LogP contribution in [0, 0.1) is 11.8 Å². The molecule has 0 saturated heterocycles. The van der Waals surface area contributed by atoms with Gasteiger partial charge in [0.05, 0.1) is 11.8 Å². The van der Waals surface area contributed by atoms with Gasteiger partial charge in [-0.25, -0.2) is 0 Å². The molecular weight excluding hydrogens is 279 g/mol. The van der Waals surface area contributed by atoms with E-state index in [0.29, 0.717) is 16.7 Å². The van der Waals surface area contributed by atoms with Gasteiger partial charge in [0.25, 0.3) is 0 Å². The number of oxime groups is 1. The third kappa shape index (κ3) is 3.86. The van der Waals surface area contributed by atoms with E-state index in [9.17, 15) is 13.2 Å². The lowest BCUT2D eigenvalue weighted by Gasteiger charge is -2.05. The normalized spacial score (nSPS) is 11.2.